The van der Waals surface area contributed by atoms with Crippen molar-refractivity contribution >= 4 is 51.8 Å². The number of nitrogens with zero attached hydrogens (tertiary/aromatic N) is 7. The average molecular weight is 535 g/mol. The van der Waals surface area contributed by atoms with Crippen LogP contribution in [0.15, 0.2) is 66.9 Å². The van der Waals surface area contributed by atoms with Crippen LogP contribution in [0.25, 0.3) is 28.0 Å². The van der Waals surface area contributed by atoms with Gasteiger partial charge < -0.3 is 15.5 Å². The second kappa shape index (κ2) is 9.49. The maximum atomic E-state index is 14.0. The molecule has 0 spiro atoms. The summed E-state index contributed by atoms with van der Waals surface area (Å²) in [6.07, 6.45) is 1.79. The third-order valence-corrected chi connectivity index (χ3v) is 6.98. The highest BCUT2D eigenvalue weighted by molar-refractivity contribution is 6.32. The third kappa shape index (κ3) is 4.30. The number of hydrogen-bond donors (Lipinski definition) is 1. The molecule has 0 aliphatic carbocycles. The molecule has 1 aliphatic rings. The zero-order valence-corrected chi connectivity index (χ0v) is 21.0. The van der Waals surface area contributed by atoms with Crippen LogP contribution in [0.5, 0.6) is 0 Å². The first-order valence-electron chi connectivity index (χ1n) is 11.7. The van der Waals surface area contributed by atoms with Gasteiger partial charge in [-0.25, -0.2) is 19.0 Å². The number of fused-ring (bicyclic) bond motifs is 1. The van der Waals surface area contributed by atoms with Crippen LogP contribution in [0.2, 0.25) is 10.0 Å². The molecule has 0 saturated carbocycles. The maximum absolute atomic E-state index is 14.0. The van der Waals surface area contributed by atoms with Crippen LogP contribution in [-0.4, -0.2) is 50.9 Å². The van der Waals surface area contributed by atoms with Gasteiger partial charge >= 0.3 is 0 Å². The van der Waals surface area contributed by atoms with Gasteiger partial charge in [-0.15, -0.1) is 5.10 Å². The number of para-hydroxylation sites is 1. The lowest BCUT2D eigenvalue weighted by Gasteiger charge is -2.35. The molecule has 6 rings (SSSR count). The molecule has 1 aliphatic heterocycles. The molecule has 37 heavy (non-hydrogen) atoms. The van der Waals surface area contributed by atoms with E-state index in [2.05, 4.69) is 19.9 Å². The van der Waals surface area contributed by atoms with E-state index in [0.29, 0.717) is 57.9 Å². The Morgan fingerprint density at radius 3 is 2.32 bits per heavy atom. The zero-order valence-electron chi connectivity index (χ0n) is 19.5. The standard InChI is InChI=1S/C26H21Cl2FN8/c27-17-5-1-2-6-20(17)37-24(30)22-23(16-8-9-19(29)18(28)15-16)32-26(33-25(22)34-37)36-13-11-35(12-14-36)21-7-3-4-10-31-21/h1-10,15H,11-14,30H2. The quantitative estimate of drug-likeness (QED) is 0.337. The Kier molecular flexibility index (Phi) is 6.02. The molecule has 1 fully saturated rings. The lowest BCUT2D eigenvalue weighted by molar-refractivity contribution is 0.628. The minimum Gasteiger partial charge on any atom is -0.383 e. The van der Waals surface area contributed by atoms with Crippen molar-refractivity contribution in [1.82, 2.24) is 24.7 Å². The van der Waals surface area contributed by atoms with Gasteiger partial charge in [0.2, 0.25) is 5.95 Å². The number of hydrogen-bond acceptors (Lipinski definition) is 7. The normalized spacial score (nSPS) is 13.9. The highest BCUT2D eigenvalue weighted by Gasteiger charge is 2.25. The zero-order chi connectivity index (χ0) is 25.5. The van der Waals surface area contributed by atoms with E-state index in [1.165, 1.54) is 12.1 Å². The van der Waals surface area contributed by atoms with Gasteiger partial charge in [-0.2, -0.15) is 4.98 Å². The van der Waals surface area contributed by atoms with Crippen LogP contribution in [0.1, 0.15) is 0 Å². The van der Waals surface area contributed by atoms with Gasteiger partial charge in [0.05, 0.1) is 26.8 Å². The summed E-state index contributed by atoms with van der Waals surface area (Å²) in [6.45, 7) is 2.89. The highest BCUT2D eigenvalue weighted by atomic mass is 35.5. The van der Waals surface area contributed by atoms with Crippen LogP contribution in [-0.2, 0) is 0 Å². The fourth-order valence-corrected chi connectivity index (χ4v) is 4.87. The molecule has 0 amide bonds. The number of piperazine rings is 1. The predicted octanol–water partition coefficient (Wildman–Crippen LogP) is 5.23. The van der Waals surface area contributed by atoms with Crippen LogP contribution in [0.4, 0.5) is 22.0 Å². The maximum Gasteiger partial charge on any atom is 0.228 e. The van der Waals surface area contributed by atoms with Crippen molar-refractivity contribution in [2.75, 3.05) is 41.7 Å². The molecule has 8 nitrogen and oxygen atoms in total. The number of pyridine rings is 1. The number of rotatable bonds is 4. The fraction of sp³-hybridized carbons (Fsp3) is 0.154. The van der Waals surface area contributed by atoms with Crippen LogP contribution >= 0.6 is 23.2 Å². The van der Waals surface area contributed by atoms with E-state index in [4.69, 9.17) is 38.9 Å². The lowest BCUT2D eigenvalue weighted by Crippen LogP contribution is -2.47. The molecular weight excluding hydrogens is 514 g/mol. The molecule has 186 valence electrons. The largest absolute Gasteiger partial charge is 0.383 e. The number of nitrogens with two attached hydrogens (primary N) is 1. The Morgan fingerprint density at radius 1 is 0.838 bits per heavy atom. The Morgan fingerprint density at radius 2 is 1.59 bits per heavy atom. The van der Waals surface area contributed by atoms with Gasteiger partial charge in [0.25, 0.3) is 0 Å². The molecule has 0 atom stereocenters. The van der Waals surface area contributed by atoms with E-state index < -0.39 is 5.82 Å². The Labute approximate surface area is 222 Å². The van der Waals surface area contributed by atoms with Crippen molar-refractivity contribution in [2.45, 2.75) is 0 Å². The first-order chi connectivity index (χ1) is 18.0. The third-order valence-electron chi connectivity index (χ3n) is 6.37. The Bertz CT molecular complexity index is 1600. The monoisotopic (exact) mass is 534 g/mol. The molecule has 5 aromatic rings. The number of halogens is 3. The summed E-state index contributed by atoms with van der Waals surface area (Å²) in [5.41, 5.74) is 8.74. The SMILES string of the molecule is Nc1c2c(-c3ccc(F)c(Cl)c3)nc(N3CCN(c4ccccn4)CC3)nc2nn1-c1ccccc1Cl. The smallest absolute Gasteiger partial charge is 0.228 e. The predicted molar refractivity (Wildman–Crippen MR) is 145 cm³/mol. The van der Waals surface area contributed by atoms with Gasteiger partial charge in [0.1, 0.15) is 17.5 Å². The van der Waals surface area contributed by atoms with Crippen LogP contribution in [0.3, 0.4) is 0 Å². The average Bonchev–Trinajstić information content (AvgIpc) is 3.26. The Balaban J connectivity index is 1.45. The molecule has 3 aromatic heterocycles. The van der Waals surface area contributed by atoms with Crippen molar-refractivity contribution < 1.29 is 4.39 Å². The van der Waals surface area contributed by atoms with E-state index in [9.17, 15) is 4.39 Å². The molecule has 2 aromatic carbocycles. The van der Waals surface area contributed by atoms with E-state index in [1.807, 2.05) is 36.4 Å². The topological polar surface area (TPSA) is 89.0 Å². The van der Waals surface area contributed by atoms with Crippen molar-refractivity contribution in [2.24, 2.45) is 0 Å². The summed E-state index contributed by atoms with van der Waals surface area (Å²) in [5.74, 6) is 1.25. The molecule has 0 radical (unpaired) electrons. The second-order valence-corrected chi connectivity index (χ2v) is 9.42. The molecule has 1 saturated heterocycles. The molecule has 0 unspecified atom stereocenters. The minimum atomic E-state index is -0.513. The van der Waals surface area contributed by atoms with Crippen molar-refractivity contribution in [3.63, 3.8) is 0 Å². The van der Waals surface area contributed by atoms with E-state index in [1.54, 1.807) is 23.0 Å². The molecule has 4 heterocycles. The fourth-order valence-electron chi connectivity index (χ4n) is 4.48. The summed E-state index contributed by atoms with van der Waals surface area (Å²) < 4.78 is 15.5. The molecular formula is C26H21Cl2FN8. The second-order valence-electron chi connectivity index (χ2n) is 8.61. The summed E-state index contributed by atoms with van der Waals surface area (Å²) in [4.78, 5) is 18.4. The van der Waals surface area contributed by atoms with E-state index in [0.717, 1.165) is 18.9 Å². The Hall–Kier alpha value is -3.95. The summed E-state index contributed by atoms with van der Waals surface area (Å²) in [7, 11) is 0. The van der Waals surface area contributed by atoms with Crippen molar-refractivity contribution in [3.05, 3.63) is 82.7 Å². The van der Waals surface area contributed by atoms with Crippen LogP contribution < -0.4 is 15.5 Å². The van der Waals surface area contributed by atoms with Gasteiger partial charge in [-0.3, -0.25) is 0 Å². The first kappa shape index (κ1) is 23.4. The number of benzene rings is 2. The van der Waals surface area contributed by atoms with Gasteiger partial charge in [0.15, 0.2) is 5.65 Å². The summed E-state index contributed by atoms with van der Waals surface area (Å²) in [6, 6.07) is 17.6. The number of anilines is 3. The van der Waals surface area contributed by atoms with Gasteiger partial charge in [0, 0.05) is 37.9 Å². The molecule has 0 bridgehead atoms. The first-order valence-corrected chi connectivity index (χ1v) is 12.4. The molecule has 2 N–H and O–H groups in total. The summed E-state index contributed by atoms with van der Waals surface area (Å²) in [5, 5.41) is 5.71. The molecule has 11 heteroatoms. The van der Waals surface area contributed by atoms with Crippen molar-refractivity contribution in [1.29, 1.82) is 0 Å². The van der Waals surface area contributed by atoms with E-state index in [-0.39, 0.29) is 5.02 Å². The van der Waals surface area contributed by atoms with Crippen molar-refractivity contribution in [3.8, 4) is 16.9 Å². The van der Waals surface area contributed by atoms with Crippen LogP contribution in [0, 0.1) is 5.82 Å². The highest BCUT2D eigenvalue weighted by Crippen LogP contribution is 2.36. The summed E-state index contributed by atoms with van der Waals surface area (Å²) >= 11 is 12.6. The van der Waals surface area contributed by atoms with Gasteiger partial charge in [-0.1, -0.05) is 41.4 Å². The van der Waals surface area contributed by atoms with Gasteiger partial charge in [-0.05, 0) is 42.5 Å². The number of nitrogen functional groups attached to an aromatic ring is 1. The minimum absolute atomic E-state index is 0.00754. The van der Waals surface area contributed by atoms with E-state index >= 15 is 0 Å². The lowest BCUT2D eigenvalue weighted by atomic mass is 10.1. The number of aromatic nitrogens is 5.